The summed E-state index contributed by atoms with van der Waals surface area (Å²) in [5.74, 6) is -0.135. The number of rotatable bonds is 7. The highest BCUT2D eigenvalue weighted by Gasteiger charge is 2.34. The summed E-state index contributed by atoms with van der Waals surface area (Å²) in [5, 5.41) is 8.38. The fourth-order valence-electron chi connectivity index (χ4n) is 3.69. The first-order valence-corrected chi connectivity index (χ1v) is 9.19. The first kappa shape index (κ1) is 19.4. The molecule has 0 heterocycles. The Hall–Kier alpha value is -1.92. The van der Waals surface area contributed by atoms with E-state index >= 15 is 0 Å². The van der Waals surface area contributed by atoms with Crippen molar-refractivity contribution in [2.45, 2.75) is 63.4 Å². The second kappa shape index (κ2) is 9.53. The second-order valence-electron chi connectivity index (χ2n) is 6.85. The van der Waals surface area contributed by atoms with Gasteiger partial charge < -0.3 is 4.74 Å². The van der Waals surface area contributed by atoms with Crippen LogP contribution < -0.4 is 0 Å². The molecule has 1 saturated carbocycles. The van der Waals surface area contributed by atoms with Crippen LogP contribution in [0.5, 0.6) is 0 Å². The van der Waals surface area contributed by atoms with Crippen LogP contribution in [0.2, 0.25) is 0 Å². The molecule has 2 rings (SSSR count). The van der Waals surface area contributed by atoms with Gasteiger partial charge in [0, 0.05) is 7.11 Å². The van der Waals surface area contributed by atoms with Crippen molar-refractivity contribution in [2.75, 3.05) is 7.11 Å². The number of hydrogen-bond acceptors (Lipinski definition) is 2. The van der Waals surface area contributed by atoms with E-state index in [1.807, 2.05) is 6.08 Å². The van der Waals surface area contributed by atoms with Crippen molar-refractivity contribution < 1.29 is 9.13 Å². The first-order chi connectivity index (χ1) is 12.1. The third-order valence-electron chi connectivity index (χ3n) is 5.44. The maximum absolute atomic E-state index is 12.7. The summed E-state index contributed by atoms with van der Waals surface area (Å²) in [6.45, 7) is 2.18. The van der Waals surface area contributed by atoms with Crippen molar-refractivity contribution in [3.05, 3.63) is 59.4 Å². The maximum Gasteiger partial charge on any atom is 0.199 e. The van der Waals surface area contributed by atoms with Crippen molar-refractivity contribution in [3.8, 4) is 6.07 Å². The fourth-order valence-corrected chi connectivity index (χ4v) is 3.69. The zero-order valence-corrected chi connectivity index (χ0v) is 15.3. The Morgan fingerprint density at radius 3 is 2.56 bits per heavy atom. The highest BCUT2D eigenvalue weighted by molar-refractivity contribution is 5.26. The molecular weight excluding hydrogens is 313 g/mol. The van der Waals surface area contributed by atoms with Crippen LogP contribution in [-0.4, -0.2) is 12.7 Å². The van der Waals surface area contributed by atoms with E-state index < -0.39 is 5.83 Å². The van der Waals surface area contributed by atoms with Crippen molar-refractivity contribution in [1.29, 1.82) is 5.26 Å². The SMILES string of the molecule is CCc1ccc([C@H]2CC[C@@](CCC=CC=C(F)C#N)(OC)CC2)cc1. The van der Waals surface area contributed by atoms with E-state index in [0.29, 0.717) is 5.92 Å². The summed E-state index contributed by atoms with van der Waals surface area (Å²) in [4.78, 5) is 0. The van der Waals surface area contributed by atoms with Gasteiger partial charge in [0.25, 0.3) is 0 Å². The van der Waals surface area contributed by atoms with Crippen LogP contribution in [0, 0.1) is 11.3 Å². The molecule has 0 N–H and O–H groups in total. The highest BCUT2D eigenvalue weighted by atomic mass is 19.1. The molecule has 0 unspecified atom stereocenters. The molecule has 0 amide bonds. The van der Waals surface area contributed by atoms with E-state index in [1.54, 1.807) is 13.2 Å². The fraction of sp³-hybridized carbons (Fsp3) is 0.500. The average Bonchev–Trinajstić information content (AvgIpc) is 2.68. The number of ether oxygens (including phenoxy) is 1. The lowest BCUT2D eigenvalue weighted by Crippen LogP contribution is -2.35. The zero-order chi connectivity index (χ0) is 18.1. The molecule has 1 aromatic rings. The number of methoxy groups -OCH3 is 1. The lowest BCUT2D eigenvalue weighted by molar-refractivity contribution is -0.0483. The summed E-state index contributed by atoms with van der Waals surface area (Å²) in [6, 6.07) is 10.5. The van der Waals surface area contributed by atoms with Gasteiger partial charge in [0.1, 0.15) is 6.07 Å². The lowest BCUT2D eigenvalue weighted by atomic mass is 9.74. The molecule has 0 aliphatic heterocycles. The van der Waals surface area contributed by atoms with Gasteiger partial charge >= 0.3 is 0 Å². The molecule has 2 nitrogen and oxygen atoms in total. The number of hydrogen-bond donors (Lipinski definition) is 0. The number of aryl methyl sites for hydroxylation is 1. The predicted molar refractivity (Wildman–Crippen MR) is 99.9 cm³/mol. The molecule has 1 aliphatic carbocycles. The van der Waals surface area contributed by atoms with Gasteiger partial charge in [0.15, 0.2) is 5.83 Å². The Labute approximate surface area is 151 Å². The van der Waals surface area contributed by atoms with Crippen LogP contribution in [0.3, 0.4) is 0 Å². The molecule has 1 fully saturated rings. The van der Waals surface area contributed by atoms with Crippen molar-refractivity contribution in [1.82, 2.24) is 0 Å². The smallest absolute Gasteiger partial charge is 0.199 e. The second-order valence-corrected chi connectivity index (χ2v) is 6.85. The van der Waals surface area contributed by atoms with E-state index in [0.717, 1.165) is 44.9 Å². The summed E-state index contributed by atoms with van der Waals surface area (Å²) < 4.78 is 18.6. The van der Waals surface area contributed by atoms with Crippen LogP contribution in [0.1, 0.15) is 62.5 Å². The summed E-state index contributed by atoms with van der Waals surface area (Å²) in [5.41, 5.74) is 2.76. The molecule has 134 valence electrons. The van der Waals surface area contributed by atoms with Crippen LogP contribution >= 0.6 is 0 Å². The summed E-state index contributed by atoms with van der Waals surface area (Å²) in [6.07, 6.45) is 12.0. The molecule has 0 bridgehead atoms. The summed E-state index contributed by atoms with van der Waals surface area (Å²) in [7, 11) is 1.80. The third-order valence-corrected chi connectivity index (χ3v) is 5.44. The molecule has 25 heavy (non-hydrogen) atoms. The lowest BCUT2D eigenvalue weighted by Gasteiger charge is -2.39. The Balaban J connectivity index is 1.87. The molecule has 1 aliphatic rings. The molecular formula is C22H28FNO. The number of halogens is 1. The van der Waals surface area contributed by atoms with Crippen molar-refractivity contribution in [3.63, 3.8) is 0 Å². The van der Waals surface area contributed by atoms with E-state index in [9.17, 15) is 4.39 Å². The van der Waals surface area contributed by atoms with Crippen LogP contribution in [0.4, 0.5) is 4.39 Å². The van der Waals surface area contributed by atoms with Crippen LogP contribution in [0.25, 0.3) is 0 Å². The van der Waals surface area contributed by atoms with Crippen LogP contribution in [0.15, 0.2) is 48.3 Å². The van der Waals surface area contributed by atoms with Gasteiger partial charge in [0.05, 0.1) is 5.60 Å². The highest BCUT2D eigenvalue weighted by Crippen LogP contribution is 2.42. The minimum Gasteiger partial charge on any atom is -0.378 e. The zero-order valence-electron chi connectivity index (χ0n) is 15.3. The number of benzene rings is 1. The van der Waals surface area contributed by atoms with Crippen LogP contribution in [-0.2, 0) is 11.2 Å². The van der Waals surface area contributed by atoms with Gasteiger partial charge in [-0.1, -0.05) is 43.3 Å². The maximum atomic E-state index is 12.7. The molecule has 0 saturated heterocycles. The van der Waals surface area contributed by atoms with Gasteiger partial charge in [-0.25, -0.2) is 0 Å². The third kappa shape index (κ3) is 5.54. The van der Waals surface area contributed by atoms with Crippen molar-refractivity contribution in [2.24, 2.45) is 0 Å². The molecule has 0 atom stereocenters. The minimum absolute atomic E-state index is 0.0678. The van der Waals surface area contributed by atoms with Gasteiger partial charge in [-0.2, -0.15) is 9.65 Å². The molecule has 1 aromatic carbocycles. The van der Waals surface area contributed by atoms with E-state index in [1.165, 1.54) is 23.3 Å². The van der Waals surface area contributed by atoms with Crippen molar-refractivity contribution >= 4 is 0 Å². The normalized spacial score (nSPS) is 24.4. The van der Waals surface area contributed by atoms with E-state index in [4.69, 9.17) is 10.00 Å². The predicted octanol–water partition coefficient (Wildman–Crippen LogP) is 6.01. The molecule has 3 heteroatoms. The Kier molecular flexibility index (Phi) is 7.40. The van der Waals surface area contributed by atoms with Gasteiger partial charge in [-0.15, -0.1) is 0 Å². The average molecular weight is 341 g/mol. The Bertz CT molecular complexity index is 631. The Morgan fingerprint density at radius 2 is 2.00 bits per heavy atom. The number of allylic oxidation sites excluding steroid dienone is 4. The van der Waals surface area contributed by atoms with Gasteiger partial charge in [-0.05, 0) is 68.1 Å². The standard InChI is InChI=1S/C22H28FNO/c1-3-18-8-10-19(11-9-18)20-12-15-22(25-2,16-13-20)14-6-4-5-7-21(23)17-24/h4-5,7-11,20H,3,6,12-16H2,1-2H3/t20-,22+. The quantitative estimate of drug-likeness (QED) is 0.450. The summed E-state index contributed by atoms with van der Waals surface area (Å²) >= 11 is 0. The van der Waals surface area contributed by atoms with Gasteiger partial charge in [0.2, 0.25) is 0 Å². The van der Waals surface area contributed by atoms with E-state index in [2.05, 4.69) is 31.2 Å². The number of nitrogens with zero attached hydrogens (tertiary/aromatic N) is 1. The molecule has 0 aromatic heterocycles. The van der Waals surface area contributed by atoms with E-state index in [-0.39, 0.29) is 5.60 Å². The topological polar surface area (TPSA) is 33.0 Å². The molecule has 0 radical (unpaired) electrons. The largest absolute Gasteiger partial charge is 0.378 e. The van der Waals surface area contributed by atoms with Gasteiger partial charge in [-0.3, -0.25) is 0 Å². The number of nitriles is 1. The Morgan fingerprint density at radius 1 is 1.32 bits per heavy atom. The monoisotopic (exact) mass is 341 g/mol. The minimum atomic E-state index is -0.757. The molecule has 0 spiro atoms. The first-order valence-electron chi connectivity index (χ1n) is 9.19.